The summed E-state index contributed by atoms with van der Waals surface area (Å²) in [5, 5.41) is 3.66. The molecule has 2 bridgehead atoms. The zero-order chi connectivity index (χ0) is 17.2. The van der Waals surface area contributed by atoms with Gasteiger partial charge in [0, 0.05) is 17.5 Å². The van der Waals surface area contributed by atoms with Gasteiger partial charge in [0.25, 0.3) is 0 Å². The molecule has 0 spiro atoms. The van der Waals surface area contributed by atoms with Gasteiger partial charge in [-0.2, -0.15) is 0 Å². The lowest BCUT2D eigenvalue weighted by Crippen LogP contribution is -2.57. The molecule has 0 aliphatic carbocycles. The van der Waals surface area contributed by atoms with E-state index in [-0.39, 0.29) is 12.1 Å². The van der Waals surface area contributed by atoms with Crippen LogP contribution in [0.5, 0.6) is 10.8 Å². The molecular weight excluding hydrogens is 336 g/mol. The number of nitrogens with zero attached hydrogens (tertiary/aromatic N) is 1. The smallest absolute Gasteiger partial charge is 0.413 e. The Labute approximate surface area is 151 Å². The number of hydrogen-bond acceptors (Lipinski definition) is 5. The monoisotopic (exact) mass is 358 g/mol. The normalized spacial score (nSPS) is 24.8. The Kier molecular flexibility index (Phi) is 4.63. The molecule has 0 radical (unpaired) electrons. The van der Waals surface area contributed by atoms with Crippen molar-refractivity contribution in [2.45, 2.75) is 18.9 Å². The van der Waals surface area contributed by atoms with Gasteiger partial charge in [-0.05, 0) is 61.7 Å². The highest BCUT2D eigenvalue weighted by Gasteiger charge is 2.35. The summed E-state index contributed by atoms with van der Waals surface area (Å²) in [4.78, 5) is 15.7. The van der Waals surface area contributed by atoms with E-state index in [1.807, 2.05) is 36.4 Å². The highest BCUT2D eigenvalue weighted by atomic mass is 32.1. The summed E-state index contributed by atoms with van der Waals surface area (Å²) >= 11 is 1.46. The fraction of sp³-hybridized carbons (Fsp3) is 0.421. The van der Waals surface area contributed by atoms with E-state index < -0.39 is 0 Å². The van der Waals surface area contributed by atoms with Crippen LogP contribution in [-0.4, -0.2) is 43.8 Å². The number of amides is 1. The Morgan fingerprint density at radius 1 is 1.24 bits per heavy atom. The van der Waals surface area contributed by atoms with Crippen LogP contribution in [0.25, 0.3) is 10.4 Å². The molecule has 2 aromatic rings. The predicted octanol–water partition coefficient (Wildman–Crippen LogP) is 3.61. The van der Waals surface area contributed by atoms with E-state index in [0.29, 0.717) is 11.0 Å². The summed E-state index contributed by atoms with van der Waals surface area (Å²) in [5.41, 5.74) is 1.05. The summed E-state index contributed by atoms with van der Waals surface area (Å²) in [6.45, 7) is 3.26. The number of piperidine rings is 3. The number of rotatable bonds is 4. The SMILES string of the molecule is COc1cccc(-c2ccc(OC(=O)NC3CN4CCC3CC4)s2)c1. The molecule has 3 saturated heterocycles. The van der Waals surface area contributed by atoms with Gasteiger partial charge in [-0.3, -0.25) is 0 Å². The first kappa shape index (κ1) is 16.4. The molecule has 1 amide bonds. The molecular formula is C19H22N2O3S. The third kappa shape index (κ3) is 3.65. The first-order valence-electron chi connectivity index (χ1n) is 8.66. The summed E-state index contributed by atoms with van der Waals surface area (Å²) in [6.07, 6.45) is 1.99. The van der Waals surface area contributed by atoms with Crippen LogP contribution in [0, 0.1) is 5.92 Å². The summed E-state index contributed by atoms with van der Waals surface area (Å²) in [7, 11) is 1.65. The Balaban J connectivity index is 1.38. The lowest BCUT2D eigenvalue weighted by atomic mass is 9.84. The number of fused-ring (bicyclic) bond motifs is 3. The van der Waals surface area contributed by atoms with Crippen LogP contribution in [0.1, 0.15) is 12.8 Å². The molecule has 1 aromatic heterocycles. The van der Waals surface area contributed by atoms with Gasteiger partial charge in [0.1, 0.15) is 5.75 Å². The van der Waals surface area contributed by atoms with E-state index in [1.54, 1.807) is 7.11 Å². The topological polar surface area (TPSA) is 50.8 Å². The first-order valence-corrected chi connectivity index (χ1v) is 9.48. The van der Waals surface area contributed by atoms with Crippen molar-refractivity contribution >= 4 is 17.4 Å². The number of nitrogens with one attached hydrogen (secondary N) is 1. The fourth-order valence-electron chi connectivity index (χ4n) is 3.71. The molecule has 0 saturated carbocycles. The van der Waals surface area contributed by atoms with Gasteiger partial charge in [-0.1, -0.05) is 23.5 Å². The van der Waals surface area contributed by atoms with Crippen molar-refractivity contribution in [1.82, 2.24) is 10.2 Å². The largest absolute Gasteiger partial charge is 0.497 e. The van der Waals surface area contributed by atoms with Gasteiger partial charge in [0.05, 0.1) is 7.11 Å². The molecule has 1 N–H and O–H groups in total. The zero-order valence-corrected chi connectivity index (χ0v) is 15.1. The minimum atomic E-state index is -0.349. The number of carbonyl (C=O) groups excluding carboxylic acids is 1. The molecule has 4 heterocycles. The maximum Gasteiger partial charge on any atom is 0.413 e. The number of thiophene rings is 1. The lowest BCUT2D eigenvalue weighted by Gasteiger charge is -2.44. The van der Waals surface area contributed by atoms with E-state index in [9.17, 15) is 4.79 Å². The number of methoxy groups -OCH3 is 1. The second-order valence-corrected chi connectivity index (χ2v) is 7.68. The van der Waals surface area contributed by atoms with Crippen molar-refractivity contribution < 1.29 is 14.3 Å². The number of hydrogen-bond donors (Lipinski definition) is 1. The van der Waals surface area contributed by atoms with Gasteiger partial charge < -0.3 is 19.7 Å². The molecule has 5 rings (SSSR count). The number of ether oxygens (including phenoxy) is 2. The molecule has 5 nitrogen and oxygen atoms in total. The third-order valence-electron chi connectivity index (χ3n) is 5.09. The maximum absolute atomic E-state index is 12.2. The molecule has 132 valence electrons. The van der Waals surface area contributed by atoms with Crippen molar-refractivity contribution in [3.05, 3.63) is 36.4 Å². The third-order valence-corrected chi connectivity index (χ3v) is 6.10. The second kappa shape index (κ2) is 7.06. The summed E-state index contributed by atoms with van der Waals surface area (Å²) < 4.78 is 10.8. The van der Waals surface area contributed by atoms with Crippen molar-refractivity contribution in [2.24, 2.45) is 5.92 Å². The Bertz CT molecular complexity index is 753. The molecule has 3 aliphatic heterocycles. The van der Waals surface area contributed by atoms with E-state index in [4.69, 9.17) is 9.47 Å². The summed E-state index contributed by atoms with van der Waals surface area (Å²) in [5.74, 6) is 1.40. The van der Waals surface area contributed by atoms with Crippen molar-refractivity contribution in [3.63, 3.8) is 0 Å². The van der Waals surface area contributed by atoms with Crippen LogP contribution in [0.15, 0.2) is 36.4 Å². The maximum atomic E-state index is 12.2. The molecule has 3 fully saturated rings. The molecule has 1 unspecified atom stereocenters. The molecule has 25 heavy (non-hydrogen) atoms. The minimum absolute atomic E-state index is 0.216. The molecule has 1 atom stereocenters. The quantitative estimate of drug-likeness (QED) is 0.907. The average Bonchev–Trinajstić information content (AvgIpc) is 3.11. The number of carbonyl (C=O) groups is 1. The highest BCUT2D eigenvalue weighted by molar-refractivity contribution is 7.17. The Morgan fingerprint density at radius 2 is 2.08 bits per heavy atom. The van der Waals surface area contributed by atoms with Gasteiger partial charge >= 0.3 is 6.09 Å². The standard InChI is InChI=1S/C19H22N2O3S/c1-23-15-4-2-3-14(11-15)17-5-6-18(25-17)24-19(22)20-16-12-21-9-7-13(16)8-10-21/h2-6,11,13,16H,7-10,12H2,1H3,(H,20,22). The van der Waals surface area contributed by atoms with Gasteiger partial charge in [-0.25, -0.2) is 4.79 Å². The predicted molar refractivity (Wildman–Crippen MR) is 98.4 cm³/mol. The van der Waals surface area contributed by atoms with E-state index in [1.165, 1.54) is 24.2 Å². The minimum Gasteiger partial charge on any atom is -0.497 e. The van der Waals surface area contributed by atoms with E-state index in [2.05, 4.69) is 10.2 Å². The molecule has 1 aromatic carbocycles. The van der Waals surface area contributed by atoms with Crippen LogP contribution >= 0.6 is 11.3 Å². The van der Waals surface area contributed by atoms with Crippen LogP contribution in [-0.2, 0) is 0 Å². The average molecular weight is 358 g/mol. The van der Waals surface area contributed by atoms with Gasteiger partial charge in [0.2, 0.25) is 0 Å². The van der Waals surface area contributed by atoms with Crippen LogP contribution in [0.4, 0.5) is 4.79 Å². The number of benzene rings is 1. The Morgan fingerprint density at radius 3 is 2.80 bits per heavy atom. The Hall–Kier alpha value is -2.05. The first-order chi connectivity index (χ1) is 12.2. The second-order valence-electron chi connectivity index (χ2n) is 6.63. The molecule has 6 heteroatoms. The van der Waals surface area contributed by atoms with Crippen LogP contribution in [0.3, 0.4) is 0 Å². The van der Waals surface area contributed by atoms with Gasteiger partial charge in [0.15, 0.2) is 5.06 Å². The van der Waals surface area contributed by atoms with Gasteiger partial charge in [-0.15, -0.1) is 0 Å². The zero-order valence-electron chi connectivity index (χ0n) is 14.2. The van der Waals surface area contributed by atoms with Crippen molar-refractivity contribution in [1.29, 1.82) is 0 Å². The molecule has 3 aliphatic rings. The lowest BCUT2D eigenvalue weighted by molar-refractivity contribution is 0.0726. The van der Waals surface area contributed by atoms with Crippen molar-refractivity contribution in [3.8, 4) is 21.3 Å². The fourth-order valence-corrected chi connectivity index (χ4v) is 4.56. The van der Waals surface area contributed by atoms with E-state index >= 15 is 0 Å². The van der Waals surface area contributed by atoms with Crippen LogP contribution < -0.4 is 14.8 Å². The van der Waals surface area contributed by atoms with Crippen molar-refractivity contribution in [2.75, 3.05) is 26.7 Å². The summed E-state index contributed by atoms with van der Waals surface area (Å²) in [6, 6.07) is 11.9. The van der Waals surface area contributed by atoms with E-state index in [0.717, 1.165) is 35.8 Å². The highest BCUT2D eigenvalue weighted by Crippen LogP contribution is 2.34. The van der Waals surface area contributed by atoms with Crippen LogP contribution in [0.2, 0.25) is 0 Å².